The maximum atomic E-state index is 10.9. The molecule has 1 fully saturated rings. The van der Waals surface area contributed by atoms with E-state index in [1.54, 1.807) is 31.8 Å². The molecule has 0 aliphatic carbocycles. The van der Waals surface area contributed by atoms with Crippen LogP contribution in [-0.4, -0.2) is 28.6 Å². The van der Waals surface area contributed by atoms with E-state index in [-0.39, 0.29) is 0 Å². The van der Waals surface area contributed by atoms with Gasteiger partial charge in [-0.05, 0) is 31.8 Å². The predicted molar refractivity (Wildman–Crippen MR) is 54.1 cm³/mol. The minimum atomic E-state index is -1.02. The smallest absolute Gasteiger partial charge is 0.336 e. The van der Waals surface area contributed by atoms with Gasteiger partial charge >= 0.3 is 5.97 Å². The molecule has 1 aliphatic rings. The fourth-order valence-electron chi connectivity index (χ4n) is 1.55. The standard InChI is InChI=1S/C9H13BrO4/c1-8(2)13-6(7(11)12)9(3,14-8)4-5-10/h4-6H,1-3H3,(H,11,12)/b5-4+. The first kappa shape index (κ1) is 11.7. The number of rotatable bonds is 2. The number of halogens is 1. The van der Waals surface area contributed by atoms with Crippen molar-refractivity contribution in [2.24, 2.45) is 0 Å². The van der Waals surface area contributed by atoms with Gasteiger partial charge in [-0.1, -0.05) is 15.9 Å². The Kier molecular flexibility index (Phi) is 3.04. The number of carboxylic acids is 1. The molecule has 1 aliphatic heterocycles. The van der Waals surface area contributed by atoms with E-state index in [0.29, 0.717) is 0 Å². The van der Waals surface area contributed by atoms with Crippen LogP contribution in [0.3, 0.4) is 0 Å². The third kappa shape index (κ3) is 2.16. The van der Waals surface area contributed by atoms with Gasteiger partial charge in [-0.2, -0.15) is 0 Å². The Morgan fingerprint density at radius 1 is 1.50 bits per heavy atom. The van der Waals surface area contributed by atoms with Gasteiger partial charge in [0.25, 0.3) is 0 Å². The van der Waals surface area contributed by atoms with Crippen LogP contribution in [-0.2, 0) is 14.3 Å². The van der Waals surface area contributed by atoms with Gasteiger partial charge in [0.2, 0.25) is 0 Å². The molecule has 1 rings (SSSR count). The summed E-state index contributed by atoms with van der Waals surface area (Å²) in [4.78, 5) is 12.5. The van der Waals surface area contributed by atoms with Crippen molar-refractivity contribution in [3.63, 3.8) is 0 Å². The average molecular weight is 265 g/mol. The van der Waals surface area contributed by atoms with E-state index in [2.05, 4.69) is 15.9 Å². The summed E-state index contributed by atoms with van der Waals surface area (Å²) in [7, 11) is 0. The first-order valence-corrected chi connectivity index (χ1v) is 5.11. The average Bonchev–Trinajstić information content (AvgIpc) is 2.21. The SMILES string of the molecule is CC1(C)OC(C(=O)O)C(C)(/C=C/Br)O1. The lowest BCUT2D eigenvalue weighted by Crippen LogP contribution is -2.40. The van der Waals surface area contributed by atoms with E-state index in [4.69, 9.17) is 14.6 Å². The van der Waals surface area contributed by atoms with E-state index in [0.717, 1.165) is 0 Å². The number of carbonyl (C=O) groups is 1. The first-order chi connectivity index (χ1) is 6.31. The first-order valence-electron chi connectivity index (χ1n) is 4.19. The van der Waals surface area contributed by atoms with Gasteiger partial charge in [-0.25, -0.2) is 4.79 Å². The molecule has 2 unspecified atom stereocenters. The summed E-state index contributed by atoms with van der Waals surface area (Å²) in [5.74, 6) is -1.90. The molecule has 0 saturated carbocycles. The van der Waals surface area contributed by atoms with Crippen molar-refractivity contribution in [3.05, 3.63) is 11.1 Å². The summed E-state index contributed by atoms with van der Waals surface area (Å²) in [6.45, 7) is 5.06. The molecule has 1 heterocycles. The van der Waals surface area contributed by atoms with E-state index in [1.165, 1.54) is 0 Å². The van der Waals surface area contributed by atoms with Crippen LogP contribution in [0.25, 0.3) is 0 Å². The molecule has 0 spiro atoms. The number of ether oxygens (including phenoxy) is 2. The van der Waals surface area contributed by atoms with E-state index >= 15 is 0 Å². The minimum absolute atomic E-state index is 0.871. The third-order valence-electron chi connectivity index (χ3n) is 2.01. The molecule has 0 aromatic heterocycles. The third-order valence-corrected chi connectivity index (χ3v) is 2.27. The molecule has 0 aromatic rings. The quantitative estimate of drug-likeness (QED) is 0.828. The summed E-state index contributed by atoms with van der Waals surface area (Å²) in [5.41, 5.74) is -0.932. The monoisotopic (exact) mass is 264 g/mol. The number of hydrogen-bond acceptors (Lipinski definition) is 3. The normalized spacial score (nSPS) is 36.4. The molecule has 14 heavy (non-hydrogen) atoms. The molecule has 0 aromatic carbocycles. The van der Waals surface area contributed by atoms with Crippen LogP contribution in [0, 0.1) is 0 Å². The van der Waals surface area contributed by atoms with Crippen LogP contribution in [0.4, 0.5) is 0 Å². The van der Waals surface area contributed by atoms with Crippen molar-refractivity contribution in [3.8, 4) is 0 Å². The van der Waals surface area contributed by atoms with Gasteiger partial charge in [0.05, 0.1) is 0 Å². The van der Waals surface area contributed by atoms with Crippen molar-refractivity contribution < 1.29 is 19.4 Å². The molecule has 5 heteroatoms. The highest BCUT2D eigenvalue weighted by Crippen LogP contribution is 2.37. The van der Waals surface area contributed by atoms with E-state index < -0.39 is 23.5 Å². The van der Waals surface area contributed by atoms with Gasteiger partial charge in [-0.15, -0.1) is 0 Å². The zero-order chi connectivity index (χ0) is 11.0. The highest BCUT2D eigenvalue weighted by atomic mass is 79.9. The van der Waals surface area contributed by atoms with Crippen LogP contribution in [0.1, 0.15) is 20.8 Å². The lowest BCUT2D eigenvalue weighted by Gasteiger charge is -2.22. The second-order valence-corrected chi connectivity index (χ2v) is 4.34. The maximum absolute atomic E-state index is 10.9. The minimum Gasteiger partial charge on any atom is -0.479 e. The molecular formula is C9H13BrO4. The fraction of sp³-hybridized carbons (Fsp3) is 0.667. The largest absolute Gasteiger partial charge is 0.479 e. The van der Waals surface area contributed by atoms with Crippen molar-refractivity contribution in [1.82, 2.24) is 0 Å². The molecule has 1 N–H and O–H groups in total. The van der Waals surface area contributed by atoms with Gasteiger partial charge < -0.3 is 14.6 Å². The van der Waals surface area contributed by atoms with Gasteiger partial charge in [0, 0.05) is 0 Å². The number of carboxylic acid groups (broad SMARTS) is 1. The lowest BCUT2D eigenvalue weighted by atomic mass is 10.00. The van der Waals surface area contributed by atoms with Crippen molar-refractivity contribution in [1.29, 1.82) is 0 Å². The molecular weight excluding hydrogens is 252 g/mol. The maximum Gasteiger partial charge on any atom is 0.336 e. The molecule has 0 bridgehead atoms. The van der Waals surface area contributed by atoms with E-state index in [9.17, 15) is 4.79 Å². The van der Waals surface area contributed by atoms with E-state index in [1.807, 2.05) is 0 Å². The van der Waals surface area contributed by atoms with Gasteiger partial charge in [-0.3, -0.25) is 0 Å². The molecule has 0 radical (unpaired) electrons. The fourth-order valence-corrected chi connectivity index (χ4v) is 2.07. The second-order valence-electron chi connectivity index (χ2n) is 3.81. The Bertz CT molecular complexity index is 274. The summed E-state index contributed by atoms with van der Waals surface area (Å²) >= 11 is 3.10. The van der Waals surface area contributed by atoms with Crippen LogP contribution in [0.15, 0.2) is 11.1 Å². The zero-order valence-corrected chi connectivity index (χ0v) is 9.87. The Hall–Kier alpha value is -0.390. The highest BCUT2D eigenvalue weighted by Gasteiger charge is 2.52. The molecule has 4 nitrogen and oxygen atoms in total. The summed E-state index contributed by atoms with van der Waals surface area (Å²) in [6.07, 6.45) is 0.645. The number of hydrogen-bond donors (Lipinski definition) is 1. The van der Waals surface area contributed by atoms with Crippen molar-refractivity contribution in [2.75, 3.05) is 0 Å². The van der Waals surface area contributed by atoms with Crippen LogP contribution >= 0.6 is 15.9 Å². The number of aliphatic carboxylic acids is 1. The summed E-state index contributed by atoms with van der Waals surface area (Å²) in [5, 5.41) is 8.95. The predicted octanol–water partition coefficient (Wildman–Crippen LogP) is 1.89. The molecule has 0 amide bonds. The van der Waals surface area contributed by atoms with Crippen molar-refractivity contribution in [2.45, 2.75) is 38.3 Å². The molecule has 2 atom stereocenters. The lowest BCUT2D eigenvalue weighted by molar-refractivity contribution is -0.167. The van der Waals surface area contributed by atoms with Crippen LogP contribution in [0.2, 0.25) is 0 Å². The molecule has 1 saturated heterocycles. The Morgan fingerprint density at radius 3 is 2.50 bits per heavy atom. The Morgan fingerprint density at radius 2 is 2.07 bits per heavy atom. The van der Waals surface area contributed by atoms with Crippen molar-refractivity contribution >= 4 is 21.9 Å². The van der Waals surface area contributed by atoms with Crippen LogP contribution in [0.5, 0.6) is 0 Å². The zero-order valence-electron chi connectivity index (χ0n) is 8.28. The van der Waals surface area contributed by atoms with Gasteiger partial charge in [0.15, 0.2) is 11.9 Å². The molecule has 80 valence electrons. The van der Waals surface area contributed by atoms with Gasteiger partial charge in [0.1, 0.15) is 5.60 Å². The van der Waals surface area contributed by atoms with Crippen LogP contribution < -0.4 is 0 Å². The Balaban J connectivity index is 2.98. The Labute approximate surface area is 91.0 Å². The second kappa shape index (κ2) is 3.64. The summed E-state index contributed by atoms with van der Waals surface area (Å²) in [6, 6.07) is 0. The summed E-state index contributed by atoms with van der Waals surface area (Å²) < 4.78 is 10.8. The highest BCUT2D eigenvalue weighted by molar-refractivity contribution is 9.11. The topological polar surface area (TPSA) is 55.8 Å².